The molecule has 0 bridgehead atoms. The third kappa shape index (κ3) is 3.32. The zero-order valence-corrected chi connectivity index (χ0v) is 14.7. The lowest BCUT2D eigenvalue weighted by atomic mass is 9.95. The molecular formula is C20H21N3O3. The lowest BCUT2D eigenvalue weighted by Crippen LogP contribution is -2.29. The van der Waals surface area contributed by atoms with Crippen LogP contribution in [-0.4, -0.2) is 39.8 Å². The molecule has 0 saturated heterocycles. The number of hydrogen-bond acceptors (Lipinski definition) is 5. The van der Waals surface area contributed by atoms with Crippen molar-refractivity contribution in [2.24, 2.45) is 0 Å². The Hall–Kier alpha value is -2.73. The van der Waals surface area contributed by atoms with Crippen LogP contribution in [0.2, 0.25) is 0 Å². The van der Waals surface area contributed by atoms with Gasteiger partial charge in [0.2, 0.25) is 0 Å². The van der Waals surface area contributed by atoms with Gasteiger partial charge in [-0.15, -0.1) is 0 Å². The van der Waals surface area contributed by atoms with Crippen molar-refractivity contribution in [3.63, 3.8) is 0 Å². The molecule has 6 heteroatoms. The molecule has 0 aliphatic heterocycles. The summed E-state index contributed by atoms with van der Waals surface area (Å²) in [5.74, 6) is 0.383. The molecule has 3 aromatic rings. The number of pyridine rings is 1. The molecule has 0 spiro atoms. The lowest BCUT2D eigenvalue weighted by Gasteiger charge is -2.27. The third-order valence-corrected chi connectivity index (χ3v) is 4.87. The van der Waals surface area contributed by atoms with Crippen molar-refractivity contribution < 1.29 is 14.3 Å². The minimum atomic E-state index is -0.332. The van der Waals surface area contributed by atoms with Crippen molar-refractivity contribution in [1.29, 1.82) is 0 Å². The molecule has 0 N–H and O–H groups in total. The van der Waals surface area contributed by atoms with Crippen LogP contribution < -0.4 is 0 Å². The van der Waals surface area contributed by atoms with E-state index < -0.39 is 0 Å². The molecule has 1 aliphatic carbocycles. The van der Waals surface area contributed by atoms with E-state index in [-0.39, 0.29) is 18.2 Å². The van der Waals surface area contributed by atoms with Gasteiger partial charge in [-0.3, -0.25) is 4.57 Å². The number of rotatable bonds is 4. The quantitative estimate of drug-likeness (QED) is 0.673. The van der Waals surface area contributed by atoms with Gasteiger partial charge in [-0.1, -0.05) is 12.1 Å². The molecule has 0 unspecified atom stereocenters. The summed E-state index contributed by atoms with van der Waals surface area (Å²) >= 11 is 0. The van der Waals surface area contributed by atoms with Gasteiger partial charge in [-0.05, 0) is 43.5 Å². The van der Waals surface area contributed by atoms with Crippen molar-refractivity contribution >= 4 is 17.0 Å². The normalized spacial score (nSPS) is 20.2. The number of carbonyl (C=O) groups excluding carboxylic acids is 1. The maximum Gasteiger partial charge on any atom is 0.339 e. The summed E-state index contributed by atoms with van der Waals surface area (Å²) in [6.45, 7) is 0. The van der Waals surface area contributed by atoms with E-state index >= 15 is 0 Å². The van der Waals surface area contributed by atoms with Gasteiger partial charge < -0.3 is 9.47 Å². The zero-order chi connectivity index (χ0) is 17.9. The molecule has 0 radical (unpaired) electrons. The second kappa shape index (κ2) is 7.25. The Morgan fingerprint density at radius 2 is 1.96 bits per heavy atom. The van der Waals surface area contributed by atoms with Crippen LogP contribution >= 0.6 is 0 Å². The first kappa shape index (κ1) is 16.7. The topological polar surface area (TPSA) is 66.2 Å². The summed E-state index contributed by atoms with van der Waals surface area (Å²) in [6, 6.07) is 11.4. The molecule has 26 heavy (non-hydrogen) atoms. The van der Waals surface area contributed by atoms with Gasteiger partial charge in [-0.25, -0.2) is 14.8 Å². The number of fused-ring (bicyclic) bond motifs is 1. The van der Waals surface area contributed by atoms with E-state index in [9.17, 15) is 4.79 Å². The second-order valence-corrected chi connectivity index (χ2v) is 6.56. The number of hydrogen-bond donors (Lipinski definition) is 0. The van der Waals surface area contributed by atoms with Crippen LogP contribution in [0, 0.1) is 0 Å². The van der Waals surface area contributed by atoms with Crippen molar-refractivity contribution in [1.82, 2.24) is 14.5 Å². The number of imidazole rings is 1. The number of para-hydroxylation sites is 2. The van der Waals surface area contributed by atoms with E-state index in [1.54, 1.807) is 25.7 Å². The third-order valence-electron chi connectivity index (χ3n) is 4.87. The highest BCUT2D eigenvalue weighted by atomic mass is 16.5. The highest BCUT2D eigenvalue weighted by molar-refractivity contribution is 5.89. The number of aromatic nitrogens is 3. The van der Waals surface area contributed by atoms with E-state index in [1.165, 1.54) is 0 Å². The van der Waals surface area contributed by atoms with Crippen LogP contribution in [0.15, 0.2) is 48.9 Å². The zero-order valence-electron chi connectivity index (χ0n) is 14.7. The summed E-state index contributed by atoms with van der Waals surface area (Å²) in [5, 5.41) is 0. The average Bonchev–Trinajstić information content (AvgIpc) is 3.12. The smallest absolute Gasteiger partial charge is 0.339 e. The first-order valence-electron chi connectivity index (χ1n) is 8.87. The summed E-state index contributed by atoms with van der Waals surface area (Å²) in [5.41, 5.74) is 2.34. The van der Waals surface area contributed by atoms with Gasteiger partial charge >= 0.3 is 5.97 Å². The first-order valence-corrected chi connectivity index (χ1v) is 8.87. The van der Waals surface area contributed by atoms with E-state index in [4.69, 9.17) is 9.47 Å². The SMILES string of the molecule is CO[C@H]1CCC[C@@H](OC(=O)c2ccc(-n3cnc4ccccc43)nc2)C1. The van der Waals surface area contributed by atoms with Crippen LogP contribution in [0.5, 0.6) is 0 Å². The van der Waals surface area contributed by atoms with Gasteiger partial charge in [0, 0.05) is 19.7 Å². The fourth-order valence-corrected chi connectivity index (χ4v) is 3.43. The van der Waals surface area contributed by atoms with Gasteiger partial charge in [0.15, 0.2) is 0 Å². The lowest BCUT2D eigenvalue weighted by molar-refractivity contribution is -0.0149. The Labute approximate surface area is 151 Å². The van der Waals surface area contributed by atoms with E-state index in [0.717, 1.165) is 36.7 Å². The molecule has 134 valence electrons. The molecule has 1 fully saturated rings. The maximum absolute atomic E-state index is 12.4. The maximum atomic E-state index is 12.4. The van der Waals surface area contributed by atoms with Gasteiger partial charge in [-0.2, -0.15) is 0 Å². The fourth-order valence-electron chi connectivity index (χ4n) is 3.43. The Balaban J connectivity index is 1.48. The number of ether oxygens (including phenoxy) is 2. The van der Waals surface area contributed by atoms with Gasteiger partial charge in [0.05, 0.1) is 22.7 Å². The molecule has 2 aromatic heterocycles. The molecule has 1 aromatic carbocycles. The largest absolute Gasteiger partial charge is 0.459 e. The molecule has 1 aliphatic rings. The molecule has 6 nitrogen and oxygen atoms in total. The van der Waals surface area contributed by atoms with Gasteiger partial charge in [0.1, 0.15) is 18.2 Å². The minimum Gasteiger partial charge on any atom is -0.459 e. The van der Waals surface area contributed by atoms with Crippen molar-refractivity contribution in [2.75, 3.05) is 7.11 Å². The summed E-state index contributed by atoms with van der Waals surface area (Å²) in [7, 11) is 1.71. The Morgan fingerprint density at radius 3 is 2.77 bits per heavy atom. The number of esters is 1. The predicted octanol–water partition coefficient (Wildman–Crippen LogP) is 3.53. The summed E-state index contributed by atoms with van der Waals surface area (Å²) in [4.78, 5) is 21.2. The standard InChI is InChI=1S/C20H21N3O3/c1-25-15-5-4-6-16(11-15)26-20(24)14-9-10-19(21-12-14)23-13-22-17-7-2-3-8-18(17)23/h2-3,7-10,12-13,15-16H,4-6,11H2,1H3/t15-,16+/m0/s1. The number of methoxy groups -OCH3 is 1. The summed E-state index contributed by atoms with van der Waals surface area (Å²) in [6.07, 6.45) is 7.07. The van der Waals surface area contributed by atoms with E-state index in [1.807, 2.05) is 34.9 Å². The first-order chi connectivity index (χ1) is 12.7. The molecule has 2 heterocycles. The number of carbonyl (C=O) groups is 1. The van der Waals surface area contributed by atoms with E-state index in [2.05, 4.69) is 9.97 Å². The van der Waals surface area contributed by atoms with Crippen LogP contribution in [0.25, 0.3) is 16.9 Å². The second-order valence-electron chi connectivity index (χ2n) is 6.56. The van der Waals surface area contributed by atoms with Crippen LogP contribution in [0.4, 0.5) is 0 Å². The fraction of sp³-hybridized carbons (Fsp3) is 0.350. The minimum absolute atomic E-state index is 0.0848. The highest BCUT2D eigenvalue weighted by Crippen LogP contribution is 2.24. The molecular weight excluding hydrogens is 330 g/mol. The Kier molecular flexibility index (Phi) is 4.67. The number of nitrogens with zero attached hydrogens (tertiary/aromatic N) is 3. The van der Waals surface area contributed by atoms with Crippen LogP contribution in [0.3, 0.4) is 0 Å². The molecule has 0 amide bonds. The molecule has 1 saturated carbocycles. The predicted molar refractivity (Wildman–Crippen MR) is 97.3 cm³/mol. The number of benzene rings is 1. The van der Waals surface area contributed by atoms with E-state index in [0.29, 0.717) is 11.4 Å². The van der Waals surface area contributed by atoms with Crippen LogP contribution in [0.1, 0.15) is 36.0 Å². The van der Waals surface area contributed by atoms with Crippen LogP contribution in [-0.2, 0) is 9.47 Å². The van der Waals surface area contributed by atoms with Crippen molar-refractivity contribution in [3.05, 3.63) is 54.5 Å². The highest BCUT2D eigenvalue weighted by Gasteiger charge is 2.25. The Morgan fingerprint density at radius 1 is 1.12 bits per heavy atom. The van der Waals surface area contributed by atoms with Gasteiger partial charge in [0.25, 0.3) is 0 Å². The molecule has 2 atom stereocenters. The van der Waals surface area contributed by atoms with Crippen molar-refractivity contribution in [3.8, 4) is 5.82 Å². The molecule has 4 rings (SSSR count). The monoisotopic (exact) mass is 351 g/mol. The average molecular weight is 351 g/mol. The Bertz CT molecular complexity index is 904. The summed E-state index contributed by atoms with van der Waals surface area (Å²) < 4.78 is 12.9. The van der Waals surface area contributed by atoms with Crippen molar-refractivity contribution in [2.45, 2.75) is 37.9 Å².